The largest absolute Gasteiger partial charge is 0.496 e. The zero-order chi connectivity index (χ0) is 15.6. The molecule has 0 saturated heterocycles. The van der Waals surface area contributed by atoms with Crippen molar-refractivity contribution in [2.75, 3.05) is 12.8 Å². The van der Waals surface area contributed by atoms with Gasteiger partial charge in [0.05, 0.1) is 7.11 Å². The summed E-state index contributed by atoms with van der Waals surface area (Å²) in [6, 6.07) is 4.64. The minimum Gasteiger partial charge on any atom is -0.496 e. The standard InChI is InChI=1S/C14H11F4NO2/c1-20-11-4-8(19)3-2-7(11)6-21-14-12(17)9(15)5-10(16)13(14)18/h2-5H,6,19H2,1H3. The zero-order valence-corrected chi connectivity index (χ0v) is 10.9. The average molecular weight is 301 g/mol. The van der Waals surface area contributed by atoms with E-state index in [0.29, 0.717) is 17.0 Å². The smallest absolute Gasteiger partial charge is 0.203 e. The predicted octanol–water partition coefficient (Wildman–Crippen LogP) is 3.41. The molecule has 0 bridgehead atoms. The summed E-state index contributed by atoms with van der Waals surface area (Å²) in [5.74, 6) is -7.05. The Morgan fingerprint density at radius 3 is 2.19 bits per heavy atom. The molecule has 0 heterocycles. The molecular weight excluding hydrogens is 290 g/mol. The molecule has 21 heavy (non-hydrogen) atoms. The molecule has 0 atom stereocenters. The second-order valence-corrected chi connectivity index (χ2v) is 4.16. The van der Waals surface area contributed by atoms with E-state index in [-0.39, 0.29) is 12.7 Å². The number of benzene rings is 2. The summed E-state index contributed by atoms with van der Waals surface area (Å²) in [6.07, 6.45) is 0. The highest BCUT2D eigenvalue weighted by molar-refractivity contribution is 5.48. The summed E-state index contributed by atoms with van der Waals surface area (Å²) in [6.45, 7) is -0.347. The van der Waals surface area contributed by atoms with Crippen LogP contribution in [0.25, 0.3) is 0 Å². The highest BCUT2D eigenvalue weighted by atomic mass is 19.2. The van der Waals surface area contributed by atoms with Crippen molar-refractivity contribution in [3.63, 3.8) is 0 Å². The van der Waals surface area contributed by atoms with Crippen LogP contribution in [0, 0.1) is 23.3 Å². The van der Waals surface area contributed by atoms with Crippen molar-refractivity contribution in [3.05, 3.63) is 53.1 Å². The molecule has 2 N–H and O–H groups in total. The molecule has 2 aromatic rings. The molecule has 0 aromatic heterocycles. The molecule has 0 amide bonds. The Kier molecular flexibility index (Phi) is 4.21. The lowest BCUT2D eigenvalue weighted by atomic mass is 10.2. The van der Waals surface area contributed by atoms with Gasteiger partial charge in [-0.2, -0.15) is 8.78 Å². The predicted molar refractivity (Wildman–Crippen MR) is 68.0 cm³/mol. The van der Waals surface area contributed by atoms with Gasteiger partial charge in [0.25, 0.3) is 0 Å². The lowest BCUT2D eigenvalue weighted by Gasteiger charge is -2.12. The molecule has 0 aliphatic rings. The molecule has 112 valence electrons. The third-order valence-corrected chi connectivity index (χ3v) is 2.75. The van der Waals surface area contributed by atoms with Crippen LogP contribution in [0.15, 0.2) is 24.3 Å². The maximum atomic E-state index is 13.4. The van der Waals surface area contributed by atoms with Crippen LogP contribution in [0.1, 0.15) is 5.56 Å². The van der Waals surface area contributed by atoms with Crippen LogP contribution in [-0.2, 0) is 6.61 Å². The number of rotatable bonds is 4. The number of nitrogen functional groups attached to an aromatic ring is 1. The molecule has 0 radical (unpaired) electrons. The van der Waals surface area contributed by atoms with Gasteiger partial charge in [-0.05, 0) is 12.1 Å². The fraction of sp³-hybridized carbons (Fsp3) is 0.143. The first-order chi connectivity index (χ1) is 9.93. The number of ether oxygens (including phenoxy) is 2. The molecule has 0 aliphatic carbocycles. The Balaban J connectivity index is 2.29. The normalized spacial score (nSPS) is 10.5. The zero-order valence-electron chi connectivity index (χ0n) is 10.9. The first kappa shape index (κ1) is 15.0. The second-order valence-electron chi connectivity index (χ2n) is 4.16. The topological polar surface area (TPSA) is 44.5 Å². The van der Waals surface area contributed by atoms with Crippen LogP contribution in [0.5, 0.6) is 11.5 Å². The van der Waals surface area contributed by atoms with Crippen molar-refractivity contribution >= 4 is 5.69 Å². The van der Waals surface area contributed by atoms with Gasteiger partial charge >= 0.3 is 0 Å². The average Bonchev–Trinajstić information content (AvgIpc) is 2.46. The van der Waals surface area contributed by atoms with E-state index in [1.165, 1.54) is 25.3 Å². The van der Waals surface area contributed by atoms with Crippen LogP contribution in [0.2, 0.25) is 0 Å². The highest BCUT2D eigenvalue weighted by Crippen LogP contribution is 2.29. The van der Waals surface area contributed by atoms with Crippen molar-refractivity contribution < 1.29 is 27.0 Å². The van der Waals surface area contributed by atoms with Gasteiger partial charge in [-0.1, -0.05) is 0 Å². The number of halogens is 4. The summed E-state index contributed by atoms with van der Waals surface area (Å²) in [5, 5.41) is 0. The lowest BCUT2D eigenvalue weighted by Crippen LogP contribution is -2.05. The van der Waals surface area contributed by atoms with Crippen molar-refractivity contribution in [1.82, 2.24) is 0 Å². The van der Waals surface area contributed by atoms with Gasteiger partial charge in [-0.3, -0.25) is 0 Å². The van der Waals surface area contributed by atoms with Crippen LogP contribution in [0.3, 0.4) is 0 Å². The fourth-order valence-corrected chi connectivity index (χ4v) is 1.71. The maximum Gasteiger partial charge on any atom is 0.203 e. The number of hydrogen-bond acceptors (Lipinski definition) is 3. The maximum absolute atomic E-state index is 13.4. The summed E-state index contributed by atoms with van der Waals surface area (Å²) in [4.78, 5) is 0. The third-order valence-electron chi connectivity index (χ3n) is 2.75. The summed E-state index contributed by atoms with van der Waals surface area (Å²) < 4.78 is 62.8. The van der Waals surface area contributed by atoms with E-state index < -0.39 is 29.0 Å². The lowest BCUT2D eigenvalue weighted by molar-refractivity contribution is 0.257. The van der Waals surface area contributed by atoms with Crippen molar-refractivity contribution in [2.45, 2.75) is 6.61 Å². The molecule has 0 spiro atoms. The number of hydrogen-bond donors (Lipinski definition) is 1. The van der Waals surface area contributed by atoms with Gasteiger partial charge < -0.3 is 15.2 Å². The Morgan fingerprint density at radius 2 is 1.62 bits per heavy atom. The Labute approximate surface area is 117 Å². The number of anilines is 1. The van der Waals surface area contributed by atoms with Crippen molar-refractivity contribution in [2.24, 2.45) is 0 Å². The molecule has 2 aromatic carbocycles. The van der Waals surface area contributed by atoms with E-state index in [4.69, 9.17) is 15.2 Å². The van der Waals surface area contributed by atoms with E-state index in [2.05, 4.69) is 0 Å². The van der Waals surface area contributed by atoms with Crippen molar-refractivity contribution in [1.29, 1.82) is 0 Å². The number of methoxy groups -OCH3 is 1. The first-order valence-electron chi connectivity index (χ1n) is 5.82. The monoisotopic (exact) mass is 301 g/mol. The molecule has 7 heteroatoms. The van der Waals surface area contributed by atoms with Crippen LogP contribution >= 0.6 is 0 Å². The van der Waals surface area contributed by atoms with E-state index in [1.54, 1.807) is 0 Å². The molecule has 0 saturated carbocycles. The molecule has 0 fully saturated rings. The minimum atomic E-state index is -1.59. The van der Waals surface area contributed by atoms with Gasteiger partial charge in [-0.25, -0.2) is 8.78 Å². The number of nitrogens with two attached hydrogens (primary N) is 1. The van der Waals surface area contributed by atoms with Crippen LogP contribution in [-0.4, -0.2) is 7.11 Å². The third kappa shape index (κ3) is 3.01. The molecular formula is C14H11F4NO2. The molecule has 0 aliphatic heterocycles. The van der Waals surface area contributed by atoms with Gasteiger partial charge in [0, 0.05) is 23.4 Å². The summed E-state index contributed by atoms with van der Waals surface area (Å²) in [7, 11) is 1.38. The summed E-state index contributed by atoms with van der Waals surface area (Å²) in [5.41, 5.74) is 6.39. The first-order valence-corrected chi connectivity index (χ1v) is 5.82. The summed E-state index contributed by atoms with van der Waals surface area (Å²) >= 11 is 0. The Morgan fingerprint density at radius 1 is 1.00 bits per heavy atom. The van der Waals surface area contributed by atoms with E-state index >= 15 is 0 Å². The highest BCUT2D eigenvalue weighted by Gasteiger charge is 2.21. The molecule has 2 rings (SSSR count). The van der Waals surface area contributed by atoms with Gasteiger partial charge in [0.2, 0.25) is 11.6 Å². The Bertz CT molecular complexity index is 650. The van der Waals surface area contributed by atoms with Crippen LogP contribution in [0.4, 0.5) is 23.2 Å². The van der Waals surface area contributed by atoms with Gasteiger partial charge in [0.15, 0.2) is 17.4 Å². The van der Waals surface area contributed by atoms with E-state index in [0.717, 1.165) is 0 Å². The quantitative estimate of drug-likeness (QED) is 0.535. The molecule has 3 nitrogen and oxygen atoms in total. The van der Waals surface area contributed by atoms with Gasteiger partial charge in [0.1, 0.15) is 12.4 Å². The SMILES string of the molecule is COc1cc(N)ccc1COc1c(F)c(F)cc(F)c1F. The second kappa shape index (κ2) is 5.90. The van der Waals surface area contributed by atoms with Crippen molar-refractivity contribution in [3.8, 4) is 11.5 Å². The van der Waals surface area contributed by atoms with Gasteiger partial charge in [-0.15, -0.1) is 0 Å². The fourth-order valence-electron chi connectivity index (χ4n) is 1.71. The molecule has 0 unspecified atom stereocenters. The Hall–Kier alpha value is -2.44. The minimum absolute atomic E-state index is 0.112. The van der Waals surface area contributed by atoms with E-state index in [1.807, 2.05) is 0 Å². The van der Waals surface area contributed by atoms with Crippen LogP contribution < -0.4 is 15.2 Å². The van der Waals surface area contributed by atoms with E-state index in [9.17, 15) is 17.6 Å².